The number of benzene rings is 1. The Morgan fingerprint density at radius 2 is 2.07 bits per heavy atom. The molecule has 1 aromatic rings. The Balaban J connectivity index is 2.47. The van der Waals surface area contributed by atoms with Crippen LogP contribution in [0.3, 0.4) is 0 Å². The van der Waals surface area contributed by atoms with E-state index in [-0.39, 0.29) is 5.91 Å². The zero-order valence-electron chi connectivity index (χ0n) is 8.86. The molecule has 0 aliphatic heterocycles. The van der Waals surface area contributed by atoms with E-state index in [1.165, 1.54) is 11.8 Å². The highest BCUT2D eigenvalue weighted by Gasteiger charge is 2.07. The molecule has 1 aromatic carbocycles. The predicted molar refractivity (Wildman–Crippen MR) is 61.8 cm³/mol. The quantitative estimate of drug-likeness (QED) is 0.762. The zero-order chi connectivity index (χ0) is 11.3. The van der Waals surface area contributed by atoms with Crippen LogP contribution in [0.15, 0.2) is 29.2 Å². The molecule has 0 unspecified atom stereocenters. The average Bonchev–Trinajstić information content (AvgIpc) is 2.26. The normalized spacial score (nSPS) is 12.2. The van der Waals surface area contributed by atoms with Gasteiger partial charge in [-0.15, -0.1) is 11.8 Å². The van der Waals surface area contributed by atoms with Gasteiger partial charge < -0.3 is 10.4 Å². The third-order valence-corrected chi connectivity index (χ3v) is 2.75. The molecule has 82 valence electrons. The van der Waals surface area contributed by atoms with Crippen LogP contribution in [0.4, 0.5) is 0 Å². The molecule has 2 N–H and O–H groups in total. The highest BCUT2D eigenvalue weighted by molar-refractivity contribution is 7.98. The Hall–Kier alpha value is -1.00. The van der Waals surface area contributed by atoms with Gasteiger partial charge in [0.05, 0.1) is 0 Å². The monoisotopic (exact) mass is 225 g/mol. The Morgan fingerprint density at radius 1 is 1.47 bits per heavy atom. The van der Waals surface area contributed by atoms with Crippen LogP contribution in [0.1, 0.15) is 12.5 Å². The van der Waals surface area contributed by atoms with Gasteiger partial charge in [0.25, 0.3) is 0 Å². The average molecular weight is 225 g/mol. The van der Waals surface area contributed by atoms with Gasteiger partial charge in [0.15, 0.2) is 0 Å². The van der Waals surface area contributed by atoms with E-state index in [0.717, 1.165) is 5.56 Å². The van der Waals surface area contributed by atoms with Gasteiger partial charge in [-0.25, -0.2) is 0 Å². The molecular formula is C11H15NO2S. The number of nitrogens with one attached hydrogen (secondary N) is 1. The Labute approximate surface area is 93.9 Å². The minimum absolute atomic E-state index is 0.344. The highest BCUT2D eigenvalue weighted by Crippen LogP contribution is 2.14. The van der Waals surface area contributed by atoms with Gasteiger partial charge in [0.2, 0.25) is 5.91 Å². The molecule has 0 radical (unpaired) electrons. The summed E-state index contributed by atoms with van der Waals surface area (Å²) in [6.07, 6.45) is 1.07. The maximum Gasteiger partial charge on any atom is 0.248 e. The number of carbonyl (C=O) groups is 1. The van der Waals surface area contributed by atoms with Gasteiger partial charge in [-0.3, -0.25) is 4.79 Å². The van der Waals surface area contributed by atoms with Crippen molar-refractivity contribution in [2.45, 2.75) is 24.5 Å². The minimum Gasteiger partial charge on any atom is -0.384 e. The molecule has 0 bridgehead atoms. The van der Waals surface area contributed by atoms with Crippen molar-refractivity contribution in [3.8, 4) is 0 Å². The van der Waals surface area contributed by atoms with E-state index in [1.807, 2.05) is 30.5 Å². The fourth-order valence-corrected chi connectivity index (χ4v) is 1.49. The van der Waals surface area contributed by atoms with Crippen molar-refractivity contribution in [3.05, 3.63) is 29.8 Å². The first-order chi connectivity index (χ1) is 7.13. The Kier molecular flexibility index (Phi) is 4.65. The van der Waals surface area contributed by atoms with Crippen molar-refractivity contribution < 1.29 is 9.90 Å². The molecule has 0 aromatic heterocycles. The van der Waals surface area contributed by atoms with Gasteiger partial charge in [0, 0.05) is 11.4 Å². The summed E-state index contributed by atoms with van der Waals surface area (Å²) in [4.78, 5) is 12.3. The summed E-state index contributed by atoms with van der Waals surface area (Å²) in [6, 6.07) is 7.95. The van der Waals surface area contributed by atoms with E-state index in [0.29, 0.717) is 6.54 Å². The molecule has 3 nitrogen and oxygen atoms in total. The smallest absolute Gasteiger partial charge is 0.248 e. The molecule has 1 amide bonds. The van der Waals surface area contributed by atoms with Gasteiger partial charge in [-0.05, 0) is 30.9 Å². The lowest BCUT2D eigenvalue weighted by Crippen LogP contribution is -2.31. The summed E-state index contributed by atoms with van der Waals surface area (Å²) >= 11 is 1.68. The van der Waals surface area contributed by atoms with Crippen molar-refractivity contribution in [2.24, 2.45) is 0 Å². The zero-order valence-corrected chi connectivity index (χ0v) is 9.67. The SMILES string of the molecule is CSc1ccc(CNC(=O)[C@H](C)O)cc1. The van der Waals surface area contributed by atoms with Crippen molar-refractivity contribution in [2.75, 3.05) is 6.26 Å². The summed E-state index contributed by atoms with van der Waals surface area (Å²) < 4.78 is 0. The fraction of sp³-hybridized carbons (Fsp3) is 0.364. The fourth-order valence-electron chi connectivity index (χ4n) is 1.08. The third kappa shape index (κ3) is 3.93. The second kappa shape index (κ2) is 5.78. The summed E-state index contributed by atoms with van der Waals surface area (Å²) in [7, 11) is 0. The van der Waals surface area contributed by atoms with Crippen molar-refractivity contribution in [1.82, 2.24) is 5.32 Å². The molecule has 1 rings (SSSR count). The topological polar surface area (TPSA) is 49.3 Å². The van der Waals surface area contributed by atoms with Crippen molar-refractivity contribution >= 4 is 17.7 Å². The first kappa shape index (κ1) is 12.1. The molecule has 15 heavy (non-hydrogen) atoms. The molecule has 0 saturated heterocycles. The lowest BCUT2D eigenvalue weighted by molar-refractivity contribution is -0.128. The summed E-state index contributed by atoms with van der Waals surface area (Å²) in [5.74, 6) is -0.344. The summed E-state index contributed by atoms with van der Waals surface area (Å²) in [5.41, 5.74) is 1.03. The molecule has 0 spiro atoms. The van der Waals surface area contributed by atoms with Crippen LogP contribution in [-0.2, 0) is 11.3 Å². The Morgan fingerprint density at radius 3 is 2.53 bits per heavy atom. The Bertz CT molecular complexity index is 322. The molecule has 0 aliphatic rings. The van der Waals surface area contributed by atoms with Crippen LogP contribution in [0.2, 0.25) is 0 Å². The van der Waals surface area contributed by atoms with Crippen LogP contribution in [0.25, 0.3) is 0 Å². The first-order valence-electron chi connectivity index (χ1n) is 4.72. The molecule has 4 heteroatoms. The molecule has 0 aliphatic carbocycles. The standard InChI is InChI=1S/C11H15NO2S/c1-8(13)11(14)12-7-9-3-5-10(15-2)6-4-9/h3-6,8,13H,7H2,1-2H3,(H,12,14)/t8-/m0/s1. The second-order valence-corrected chi connectivity index (χ2v) is 4.12. The van der Waals surface area contributed by atoms with Crippen LogP contribution < -0.4 is 5.32 Å². The summed E-state index contributed by atoms with van der Waals surface area (Å²) in [6.45, 7) is 1.91. The van der Waals surface area contributed by atoms with Gasteiger partial charge in [-0.2, -0.15) is 0 Å². The van der Waals surface area contributed by atoms with Crippen LogP contribution >= 0.6 is 11.8 Å². The molecule has 0 saturated carbocycles. The van der Waals surface area contributed by atoms with E-state index in [4.69, 9.17) is 5.11 Å². The number of hydrogen-bond acceptors (Lipinski definition) is 3. The van der Waals surface area contributed by atoms with E-state index in [1.54, 1.807) is 11.8 Å². The third-order valence-electron chi connectivity index (χ3n) is 2.01. The number of amides is 1. The lowest BCUT2D eigenvalue weighted by Gasteiger charge is -2.07. The van der Waals surface area contributed by atoms with Crippen LogP contribution in [0, 0.1) is 0 Å². The number of aliphatic hydroxyl groups excluding tert-OH is 1. The highest BCUT2D eigenvalue weighted by atomic mass is 32.2. The number of aliphatic hydroxyl groups is 1. The summed E-state index contributed by atoms with van der Waals surface area (Å²) in [5, 5.41) is 11.6. The number of carbonyl (C=O) groups excluding carboxylic acids is 1. The molecular weight excluding hydrogens is 210 g/mol. The van der Waals surface area contributed by atoms with Crippen molar-refractivity contribution in [3.63, 3.8) is 0 Å². The maximum absolute atomic E-state index is 11.1. The van der Waals surface area contributed by atoms with Crippen molar-refractivity contribution in [1.29, 1.82) is 0 Å². The van der Waals surface area contributed by atoms with E-state index < -0.39 is 6.10 Å². The predicted octanol–water partition coefficient (Wildman–Crippen LogP) is 1.41. The second-order valence-electron chi connectivity index (χ2n) is 3.24. The number of hydrogen-bond donors (Lipinski definition) is 2. The van der Waals surface area contributed by atoms with Gasteiger partial charge in [0.1, 0.15) is 6.10 Å². The van der Waals surface area contributed by atoms with Gasteiger partial charge >= 0.3 is 0 Å². The van der Waals surface area contributed by atoms with Crippen LogP contribution in [0.5, 0.6) is 0 Å². The van der Waals surface area contributed by atoms with E-state index in [2.05, 4.69) is 5.32 Å². The largest absolute Gasteiger partial charge is 0.384 e. The lowest BCUT2D eigenvalue weighted by atomic mass is 10.2. The molecule has 0 heterocycles. The first-order valence-corrected chi connectivity index (χ1v) is 5.94. The number of thioether (sulfide) groups is 1. The molecule has 1 atom stereocenters. The van der Waals surface area contributed by atoms with E-state index in [9.17, 15) is 4.79 Å². The molecule has 0 fully saturated rings. The number of rotatable bonds is 4. The van der Waals surface area contributed by atoms with E-state index >= 15 is 0 Å². The maximum atomic E-state index is 11.1. The van der Waals surface area contributed by atoms with Crippen LogP contribution in [-0.4, -0.2) is 23.4 Å². The minimum atomic E-state index is -0.949. The van der Waals surface area contributed by atoms with Gasteiger partial charge in [-0.1, -0.05) is 12.1 Å².